The largest absolute Gasteiger partial charge is 0.544 e. The number of nitrogens with zero attached hydrogens (tertiary/aromatic N) is 5. The number of carbonyl (C=O) groups excluding carboxylic acids is 1. The summed E-state index contributed by atoms with van der Waals surface area (Å²) in [5.74, 6) is 1.45. The molecule has 1 N–H and O–H groups in total. The van der Waals surface area contributed by atoms with Gasteiger partial charge in [0.05, 0.1) is 0 Å². The first-order valence-electron chi connectivity index (χ1n) is 16.6. The maximum absolute atomic E-state index is 14.1. The number of ether oxygens (including phenoxy) is 1. The first-order valence-corrected chi connectivity index (χ1v) is 19.5. The molecular formula is C35H54N6O5Si. The van der Waals surface area contributed by atoms with Gasteiger partial charge in [0.25, 0.3) is 5.56 Å². The molecule has 12 heteroatoms. The number of aryl methyl sites for hydroxylation is 2. The van der Waals surface area contributed by atoms with Gasteiger partial charge in [0, 0.05) is 39.3 Å². The average Bonchev–Trinajstić information content (AvgIpc) is 3.34. The Morgan fingerprint density at radius 2 is 1.72 bits per heavy atom. The molecule has 11 nitrogen and oxygen atoms in total. The fourth-order valence-corrected chi connectivity index (χ4v) is 6.44. The molecule has 1 aromatic carbocycles. The van der Waals surface area contributed by atoms with Crippen LogP contribution in [0.5, 0.6) is 5.75 Å². The molecule has 0 spiro atoms. The average molecular weight is 667 g/mol. The first kappa shape index (κ1) is 36.0. The minimum atomic E-state index is -1.96. The third-order valence-corrected chi connectivity index (χ3v) is 13.4. The summed E-state index contributed by atoms with van der Waals surface area (Å²) in [6.45, 7) is 22.5. The van der Waals surface area contributed by atoms with Crippen molar-refractivity contribution in [3.8, 4) is 5.75 Å². The van der Waals surface area contributed by atoms with Crippen LogP contribution in [0, 0.1) is 0 Å². The van der Waals surface area contributed by atoms with Gasteiger partial charge in [-0.25, -0.2) is 9.59 Å². The smallest absolute Gasteiger partial charge is 0.407 e. The van der Waals surface area contributed by atoms with Gasteiger partial charge in [-0.05, 0) is 89.7 Å². The summed E-state index contributed by atoms with van der Waals surface area (Å²) < 4.78 is 16.6. The number of fused-ring (bicyclic) bond motifs is 1. The van der Waals surface area contributed by atoms with Gasteiger partial charge in [0.2, 0.25) is 14.3 Å². The highest BCUT2D eigenvalue weighted by atomic mass is 28.4. The summed E-state index contributed by atoms with van der Waals surface area (Å²) in [5, 5.41) is 3.09. The fraction of sp³-hybridized carbons (Fsp3) is 0.600. The molecular weight excluding hydrogens is 613 g/mol. The number of piperidine rings is 1. The summed E-state index contributed by atoms with van der Waals surface area (Å²) in [7, 11) is -0.296. The molecule has 0 bridgehead atoms. The van der Waals surface area contributed by atoms with E-state index in [9.17, 15) is 14.4 Å². The van der Waals surface area contributed by atoms with Crippen LogP contribution in [0.1, 0.15) is 73.8 Å². The Bertz CT molecular complexity index is 1730. The van der Waals surface area contributed by atoms with Crippen LogP contribution < -0.4 is 25.9 Å². The van der Waals surface area contributed by atoms with E-state index in [2.05, 4.69) is 44.1 Å². The number of aromatic nitrogens is 4. The van der Waals surface area contributed by atoms with Gasteiger partial charge < -0.3 is 23.9 Å². The molecule has 0 radical (unpaired) electrons. The molecule has 0 saturated carbocycles. The third-order valence-electron chi connectivity index (χ3n) is 9.05. The molecule has 3 heterocycles. The Morgan fingerprint density at radius 3 is 2.32 bits per heavy atom. The van der Waals surface area contributed by atoms with Gasteiger partial charge in [-0.1, -0.05) is 44.6 Å². The molecule has 4 rings (SSSR count). The lowest BCUT2D eigenvalue weighted by Gasteiger charge is -2.36. The topological polar surface area (TPSA) is 113 Å². The van der Waals surface area contributed by atoms with Crippen molar-refractivity contribution in [1.29, 1.82) is 0 Å². The van der Waals surface area contributed by atoms with E-state index in [0.717, 1.165) is 29.7 Å². The van der Waals surface area contributed by atoms with E-state index in [1.54, 1.807) is 7.05 Å². The van der Waals surface area contributed by atoms with E-state index in [-0.39, 0.29) is 23.2 Å². The van der Waals surface area contributed by atoms with Gasteiger partial charge in [-0.3, -0.25) is 13.9 Å². The summed E-state index contributed by atoms with van der Waals surface area (Å²) >= 11 is 0. The molecule has 47 heavy (non-hydrogen) atoms. The number of nitrogens with one attached hydrogen (secondary N) is 1. The van der Waals surface area contributed by atoms with Crippen molar-refractivity contribution >= 4 is 31.5 Å². The lowest BCUT2D eigenvalue weighted by molar-refractivity contribution is 0.0499. The van der Waals surface area contributed by atoms with E-state index in [4.69, 9.17) is 14.1 Å². The Kier molecular flexibility index (Phi) is 10.5. The molecule has 0 unspecified atom stereocenters. The predicted molar refractivity (Wildman–Crippen MR) is 191 cm³/mol. The van der Waals surface area contributed by atoms with E-state index >= 15 is 0 Å². The third kappa shape index (κ3) is 8.57. The molecule has 0 aliphatic carbocycles. The Labute approximate surface area is 279 Å². The van der Waals surface area contributed by atoms with E-state index in [0.29, 0.717) is 43.2 Å². The van der Waals surface area contributed by atoms with Crippen LogP contribution in [0.3, 0.4) is 0 Å². The number of amides is 1. The maximum Gasteiger partial charge on any atom is 0.407 e. The minimum absolute atomic E-state index is 0.0935. The fourth-order valence-electron chi connectivity index (χ4n) is 5.41. The standard InChI is InChI=1S/C35H54N6O5Si/c1-24(2)18-21-40-28-29(37-31(40)39-20-12-13-26(23-39)36-32(43)45-34(3,4)5)38(9)33(44)41(30(28)42)22-19-25-14-16-27(17-15-25)46-47(10,11)35(6,7)8/h14-18,26H,12-13,19-23H2,1-11H3,(H,36,43)/t26-/m0/s1. The Balaban J connectivity index is 1.64. The first-order chi connectivity index (χ1) is 21.8. The van der Waals surface area contributed by atoms with Crippen LogP contribution in [0.4, 0.5) is 10.7 Å². The van der Waals surface area contributed by atoms with Crippen molar-refractivity contribution in [2.45, 2.75) is 118 Å². The number of hydrogen-bond acceptors (Lipinski definition) is 7. The Hall–Kier alpha value is -3.80. The maximum atomic E-state index is 14.1. The highest BCUT2D eigenvalue weighted by Gasteiger charge is 2.39. The van der Waals surface area contributed by atoms with E-state index in [1.165, 1.54) is 9.13 Å². The van der Waals surface area contributed by atoms with E-state index in [1.807, 2.05) is 69.5 Å². The predicted octanol–water partition coefficient (Wildman–Crippen LogP) is 5.98. The van der Waals surface area contributed by atoms with Gasteiger partial charge in [-0.2, -0.15) is 4.98 Å². The lowest BCUT2D eigenvalue weighted by atomic mass is 10.1. The van der Waals surface area contributed by atoms with Crippen molar-refractivity contribution in [2.75, 3.05) is 18.0 Å². The quantitative estimate of drug-likeness (QED) is 0.221. The van der Waals surface area contributed by atoms with Crippen LogP contribution in [-0.2, 0) is 31.3 Å². The summed E-state index contributed by atoms with van der Waals surface area (Å²) in [6, 6.07) is 7.82. The molecule has 1 saturated heterocycles. The van der Waals surface area contributed by atoms with Crippen LogP contribution in [0.2, 0.25) is 18.1 Å². The van der Waals surface area contributed by atoms with Crippen molar-refractivity contribution in [1.82, 2.24) is 24.0 Å². The van der Waals surface area contributed by atoms with Gasteiger partial charge in [-0.15, -0.1) is 0 Å². The zero-order valence-electron chi connectivity index (χ0n) is 30.2. The number of hydrogen-bond donors (Lipinski definition) is 1. The number of benzene rings is 1. The van der Waals surface area contributed by atoms with Gasteiger partial charge in [0.15, 0.2) is 11.2 Å². The molecule has 1 amide bonds. The number of rotatable bonds is 9. The molecule has 1 aliphatic heterocycles. The van der Waals surface area contributed by atoms with Crippen molar-refractivity contribution in [2.24, 2.45) is 7.05 Å². The molecule has 3 aromatic rings. The van der Waals surface area contributed by atoms with Crippen molar-refractivity contribution < 1.29 is 14.0 Å². The number of allylic oxidation sites excluding steroid dienone is 2. The number of imidazole rings is 1. The van der Waals surface area contributed by atoms with Gasteiger partial charge >= 0.3 is 11.8 Å². The van der Waals surface area contributed by atoms with E-state index < -0.39 is 25.7 Å². The van der Waals surface area contributed by atoms with Crippen LogP contribution >= 0.6 is 0 Å². The molecule has 258 valence electrons. The van der Waals surface area contributed by atoms with Crippen LogP contribution in [0.15, 0.2) is 45.5 Å². The molecule has 1 fully saturated rings. The van der Waals surface area contributed by atoms with Crippen molar-refractivity contribution in [3.05, 3.63) is 62.3 Å². The SMILES string of the molecule is CC(C)=CCn1c(N2CCC[C@H](NC(=O)OC(C)(C)C)C2)nc2c1c(=O)n(CCc1ccc(O[Si](C)(C)C(C)(C)C)cc1)c(=O)n2C. The number of carbonyl (C=O) groups is 1. The van der Waals surface area contributed by atoms with Gasteiger partial charge in [0.1, 0.15) is 11.4 Å². The second-order valence-corrected chi connectivity index (χ2v) is 20.2. The number of anilines is 1. The summed E-state index contributed by atoms with van der Waals surface area (Å²) in [5.41, 5.74) is 1.50. The molecule has 1 aliphatic rings. The Morgan fingerprint density at radius 1 is 1.06 bits per heavy atom. The number of alkyl carbamates (subject to hydrolysis) is 1. The van der Waals surface area contributed by atoms with Crippen molar-refractivity contribution in [3.63, 3.8) is 0 Å². The molecule has 2 aromatic heterocycles. The minimum Gasteiger partial charge on any atom is -0.544 e. The zero-order valence-corrected chi connectivity index (χ0v) is 31.2. The molecule has 1 atom stereocenters. The lowest BCUT2D eigenvalue weighted by Crippen LogP contribution is -2.49. The summed E-state index contributed by atoms with van der Waals surface area (Å²) in [4.78, 5) is 47.1. The van der Waals surface area contributed by atoms with Crippen LogP contribution in [0.25, 0.3) is 11.2 Å². The second-order valence-electron chi connectivity index (χ2n) is 15.5. The zero-order chi connectivity index (χ0) is 34.9. The normalized spacial score (nSPS) is 15.9. The van der Waals surface area contributed by atoms with Crippen LogP contribution in [-0.4, -0.2) is 57.8 Å². The monoisotopic (exact) mass is 666 g/mol. The summed E-state index contributed by atoms with van der Waals surface area (Å²) in [6.07, 6.45) is 3.74. The highest BCUT2D eigenvalue weighted by Crippen LogP contribution is 2.37. The second kappa shape index (κ2) is 13.7. The highest BCUT2D eigenvalue weighted by molar-refractivity contribution is 6.74.